The SMILES string of the molecule is C=CCN1CCC(NC(=O)N(C)[C@H](C)c2cccnc2)CC1. The van der Waals surface area contributed by atoms with Crippen LogP contribution in [0.25, 0.3) is 0 Å². The van der Waals surface area contributed by atoms with E-state index in [0.29, 0.717) is 0 Å². The zero-order valence-electron chi connectivity index (χ0n) is 13.5. The number of urea groups is 1. The molecule has 1 aliphatic heterocycles. The van der Waals surface area contributed by atoms with Crippen LogP contribution in [0.1, 0.15) is 31.4 Å². The molecular formula is C17H26N4O. The van der Waals surface area contributed by atoms with Gasteiger partial charge in [0.2, 0.25) is 0 Å². The zero-order chi connectivity index (χ0) is 15.9. The van der Waals surface area contributed by atoms with Gasteiger partial charge in [0.1, 0.15) is 0 Å². The van der Waals surface area contributed by atoms with Crippen LogP contribution in [0.15, 0.2) is 37.2 Å². The number of likely N-dealkylation sites (tertiary alicyclic amines) is 1. The predicted octanol–water partition coefficient (Wildman–Crippen LogP) is 2.43. The lowest BCUT2D eigenvalue weighted by Crippen LogP contribution is -2.48. The number of rotatable bonds is 5. The highest BCUT2D eigenvalue weighted by Crippen LogP contribution is 2.18. The van der Waals surface area contributed by atoms with E-state index in [1.54, 1.807) is 11.1 Å². The number of pyridine rings is 1. The third-order valence-corrected chi connectivity index (χ3v) is 4.37. The molecule has 1 saturated heterocycles. The average Bonchev–Trinajstić information content (AvgIpc) is 2.56. The molecule has 2 heterocycles. The summed E-state index contributed by atoms with van der Waals surface area (Å²) in [5, 5.41) is 3.15. The minimum atomic E-state index is -0.0153. The van der Waals surface area contributed by atoms with E-state index < -0.39 is 0 Å². The van der Waals surface area contributed by atoms with Crippen molar-refractivity contribution in [2.75, 3.05) is 26.7 Å². The average molecular weight is 302 g/mol. The molecule has 1 fully saturated rings. The van der Waals surface area contributed by atoms with Crippen LogP contribution in [0.3, 0.4) is 0 Å². The quantitative estimate of drug-likeness (QED) is 0.850. The Morgan fingerprint density at radius 1 is 1.59 bits per heavy atom. The summed E-state index contributed by atoms with van der Waals surface area (Å²) in [6.45, 7) is 8.74. The summed E-state index contributed by atoms with van der Waals surface area (Å²) >= 11 is 0. The van der Waals surface area contributed by atoms with Crippen molar-refractivity contribution in [2.24, 2.45) is 0 Å². The first-order valence-corrected chi connectivity index (χ1v) is 7.88. The van der Waals surface area contributed by atoms with Crippen LogP contribution >= 0.6 is 0 Å². The van der Waals surface area contributed by atoms with Crippen LogP contribution in [0, 0.1) is 0 Å². The Kier molecular flexibility index (Phi) is 5.95. The van der Waals surface area contributed by atoms with Crippen LogP contribution in [-0.2, 0) is 0 Å². The summed E-state index contributed by atoms with van der Waals surface area (Å²) in [5.74, 6) is 0. The number of aromatic nitrogens is 1. The molecule has 2 rings (SSSR count). The van der Waals surface area contributed by atoms with E-state index in [1.807, 2.05) is 38.4 Å². The molecule has 0 unspecified atom stereocenters. The van der Waals surface area contributed by atoms with E-state index in [9.17, 15) is 4.79 Å². The molecule has 120 valence electrons. The van der Waals surface area contributed by atoms with Gasteiger partial charge in [0.15, 0.2) is 0 Å². The first-order valence-electron chi connectivity index (χ1n) is 7.88. The number of hydrogen-bond acceptors (Lipinski definition) is 3. The fraction of sp³-hybridized carbons (Fsp3) is 0.529. The third-order valence-electron chi connectivity index (χ3n) is 4.37. The summed E-state index contributed by atoms with van der Waals surface area (Å²) in [4.78, 5) is 20.6. The van der Waals surface area contributed by atoms with Crippen molar-refractivity contribution in [3.63, 3.8) is 0 Å². The van der Waals surface area contributed by atoms with Gasteiger partial charge in [-0.2, -0.15) is 0 Å². The summed E-state index contributed by atoms with van der Waals surface area (Å²) < 4.78 is 0. The van der Waals surface area contributed by atoms with Crippen LogP contribution < -0.4 is 5.32 Å². The highest BCUT2D eigenvalue weighted by Gasteiger charge is 2.23. The molecule has 0 aliphatic carbocycles. The van der Waals surface area contributed by atoms with Crippen LogP contribution in [0.2, 0.25) is 0 Å². The van der Waals surface area contributed by atoms with Gasteiger partial charge in [0, 0.05) is 45.1 Å². The van der Waals surface area contributed by atoms with Crippen molar-refractivity contribution < 1.29 is 4.79 Å². The number of nitrogens with zero attached hydrogens (tertiary/aromatic N) is 3. The smallest absolute Gasteiger partial charge is 0.317 e. The minimum absolute atomic E-state index is 0.00885. The second-order valence-corrected chi connectivity index (χ2v) is 5.89. The minimum Gasteiger partial charge on any atom is -0.335 e. The highest BCUT2D eigenvalue weighted by molar-refractivity contribution is 5.74. The molecule has 0 radical (unpaired) electrons. The molecule has 0 saturated carbocycles. The fourth-order valence-electron chi connectivity index (χ4n) is 2.74. The van der Waals surface area contributed by atoms with Gasteiger partial charge >= 0.3 is 6.03 Å². The van der Waals surface area contributed by atoms with Gasteiger partial charge in [-0.05, 0) is 31.4 Å². The summed E-state index contributed by atoms with van der Waals surface area (Å²) in [6.07, 6.45) is 7.47. The molecule has 22 heavy (non-hydrogen) atoms. The summed E-state index contributed by atoms with van der Waals surface area (Å²) in [7, 11) is 1.83. The summed E-state index contributed by atoms with van der Waals surface area (Å²) in [5.41, 5.74) is 1.04. The Balaban J connectivity index is 1.83. The first-order chi connectivity index (χ1) is 10.6. The lowest BCUT2D eigenvalue weighted by Gasteiger charge is -2.33. The number of carbonyl (C=O) groups is 1. The molecular weight excluding hydrogens is 276 g/mol. The van der Waals surface area contributed by atoms with Gasteiger partial charge in [-0.1, -0.05) is 12.1 Å². The van der Waals surface area contributed by atoms with Crippen LogP contribution in [0.4, 0.5) is 4.79 Å². The molecule has 1 aliphatic rings. The fourth-order valence-corrected chi connectivity index (χ4v) is 2.74. The molecule has 2 amide bonds. The van der Waals surface area contributed by atoms with Gasteiger partial charge in [-0.15, -0.1) is 6.58 Å². The van der Waals surface area contributed by atoms with E-state index in [-0.39, 0.29) is 18.1 Å². The molecule has 1 aromatic heterocycles. The van der Waals surface area contributed by atoms with Crippen molar-refractivity contribution in [1.29, 1.82) is 0 Å². The van der Waals surface area contributed by atoms with Crippen molar-refractivity contribution in [1.82, 2.24) is 20.1 Å². The van der Waals surface area contributed by atoms with E-state index >= 15 is 0 Å². The Hall–Kier alpha value is -1.88. The van der Waals surface area contributed by atoms with Crippen molar-refractivity contribution in [3.8, 4) is 0 Å². The summed E-state index contributed by atoms with van der Waals surface area (Å²) in [6, 6.07) is 4.15. The van der Waals surface area contributed by atoms with Gasteiger partial charge in [-0.25, -0.2) is 4.79 Å². The van der Waals surface area contributed by atoms with Gasteiger partial charge < -0.3 is 10.2 Å². The van der Waals surface area contributed by atoms with Crippen LogP contribution in [0.5, 0.6) is 0 Å². The van der Waals surface area contributed by atoms with E-state index in [4.69, 9.17) is 0 Å². The van der Waals surface area contributed by atoms with Crippen molar-refractivity contribution >= 4 is 6.03 Å². The van der Waals surface area contributed by atoms with Gasteiger partial charge in [0.25, 0.3) is 0 Å². The Labute approximate surface area is 133 Å². The second kappa shape index (κ2) is 7.94. The first kappa shape index (κ1) is 16.5. The Bertz CT molecular complexity index is 483. The normalized spacial score (nSPS) is 17.7. The second-order valence-electron chi connectivity index (χ2n) is 5.89. The van der Waals surface area contributed by atoms with E-state index in [1.165, 1.54) is 0 Å². The molecule has 0 bridgehead atoms. The number of nitrogens with one attached hydrogen (secondary N) is 1. The number of piperidine rings is 1. The standard InChI is InChI=1S/C17H26N4O/c1-4-10-21-11-7-16(8-12-21)19-17(22)20(3)14(2)15-6-5-9-18-13-15/h4-6,9,13-14,16H,1,7-8,10-12H2,2-3H3,(H,19,22)/t14-/m1/s1. The molecule has 5 nitrogen and oxygen atoms in total. The van der Waals surface area contributed by atoms with E-state index in [0.717, 1.165) is 38.0 Å². The van der Waals surface area contributed by atoms with Gasteiger partial charge in [0.05, 0.1) is 6.04 Å². The number of amides is 2. The van der Waals surface area contributed by atoms with Gasteiger partial charge in [-0.3, -0.25) is 9.88 Å². The Morgan fingerprint density at radius 2 is 2.32 bits per heavy atom. The monoisotopic (exact) mass is 302 g/mol. The lowest BCUT2D eigenvalue weighted by atomic mass is 10.1. The Morgan fingerprint density at radius 3 is 2.91 bits per heavy atom. The molecule has 1 aromatic rings. The molecule has 1 N–H and O–H groups in total. The maximum absolute atomic E-state index is 12.4. The largest absolute Gasteiger partial charge is 0.335 e. The molecule has 0 aromatic carbocycles. The predicted molar refractivity (Wildman–Crippen MR) is 88.6 cm³/mol. The third kappa shape index (κ3) is 4.31. The molecule has 0 spiro atoms. The molecule has 1 atom stereocenters. The van der Waals surface area contributed by atoms with Crippen LogP contribution in [-0.4, -0.2) is 53.5 Å². The number of carbonyl (C=O) groups excluding carboxylic acids is 1. The van der Waals surface area contributed by atoms with Crippen molar-refractivity contribution in [2.45, 2.75) is 31.8 Å². The molecule has 5 heteroatoms. The highest BCUT2D eigenvalue weighted by atomic mass is 16.2. The number of hydrogen-bond donors (Lipinski definition) is 1. The maximum atomic E-state index is 12.4. The topological polar surface area (TPSA) is 48.5 Å². The van der Waals surface area contributed by atoms with E-state index in [2.05, 4.69) is 21.8 Å². The lowest BCUT2D eigenvalue weighted by molar-refractivity contribution is 0.174. The zero-order valence-corrected chi connectivity index (χ0v) is 13.5. The maximum Gasteiger partial charge on any atom is 0.317 e. The van der Waals surface area contributed by atoms with Crippen molar-refractivity contribution in [3.05, 3.63) is 42.7 Å².